The van der Waals surface area contributed by atoms with Gasteiger partial charge in [-0.1, -0.05) is 45.4 Å². The van der Waals surface area contributed by atoms with E-state index in [-0.39, 0.29) is 18.4 Å². The molecular formula is C16H32N2O3S. The lowest BCUT2D eigenvalue weighted by molar-refractivity contribution is -0.122. The summed E-state index contributed by atoms with van der Waals surface area (Å²) in [6, 6.07) is 0.279. The second-order valence-electron chi connectivity index (χ2n) is 6.38. The van der Waals surface area contributed by atoms with Gasteiger partial charge in [-0.2, -0.15) is 0 Å². The standard InChI is InChI=1S/C16H32N2O3S/c1-3-4-9-13-18(22(2,20)21)14-12-16(19)17-15-10-7-5-6-8-11-15/h15H,3-14H2,1-2H3,(H,17,19). The van der Waals surface area contributed by atoms with E-state index in [0.29, 0.717) is 13.1 Å². The summed E-state index contributed by atoms with van der Waals surface area (Å²) in [6.07, 6.45) is 11.4. The molecule has 0 aromatic rings. The predicted octanol–water partition coefficient (Wildman–Crippen LogP) is 2.67. The van der Waals surface area contributed by atoms with Crippen molar-refractivity contribution in [2.45, 2.75) is 77.2 Å². The summed E-state index contributed by atoms with van der Waals surface area (Å²) in [5, 5.41) is 3.07. The number of amides is 1. The lowest BCUT2D eigenvalue weighted by atomic mass is 10.1. The largest absolute Gasteiger partial charge is 0.353 e. The van der Waals surface area contributed by atoms with Crippen molar-refractivity contribution >= 4 is 15.9 Å². The van der Waals surface area contributed by atoms with Gasteiger partial charge in [-0.15, -0.1) is 0 Å². The summed E-state index contributed by atoms with van der Waals surface area (Å²) >= 11 is 0. The minimum atomic E-state index is -3.23. The highest BCUT2D eigenvalue weighted by molar-refractivity contribution is 7.88. The Hall–Kier alpha value is -0.620. The van der Waals surface area contributed by atoms with Crippen molar-refractivity contribution in [2.75, 3.05) is 19.3 Å². The highest BCUT2D eigenvalue weighted by atomic mass is 32.2. The third-order valence-electron chi connectivity index (χ3n) is 4.29. The summed E-state index contributed by atoms with van der Waals surface area (Å²) in [4.78, 5) is 12.1. The molecule has 0 aromatic carbocycles. The smallest absolute Gasteiger partial charge is 0.221 e. The number of unbranched alkanes of at least 4 members (excludes halogenated alkanes) is 2. The van der Waals surface area contributed by atoms with E-state index in [9.17, 15) is 13.2 Å². The maximum absolute atomic E-state index is 12.1. The highest BCUT2D eigenvalue weighted by Crippen LogP contribution is 2.17. The molecule has 0 heterocycles. The highest BCUT2D eigenvalue weighted by Gasteiger charge is 2.19. The van der Waals surface area contributed by atoms with Crippen LogP contribution in [0, 0.1) is 0 Å². The average Bonchev–Trinajstić information content (AvgIpc) is 2.70. The molecule has 1 aliphatic carbocycles. The fourth-order valence-electron chi connectivity index (χ4n) is 2.93. The van der Waals surface area contributed by atoms with Gasteiger partial charge < -0.3 is 5.32 Å². The van der Waals surface area contributed by atoms with E-state index in [2.05, 4.69) is 12.2 Å². The molecule has 1 saturated carbocycles. The zero-order valence-electron chi connectivity index (χ0n) is 14.1. The molecule has 5 nitrogen and oxygen atoms in total. The van der Waals surface area contributed by atoms with Gasteiger partial charge in [0.15, 0.2) is 0 Å². The number of hydrogen-bond acceptors (Lipinski definition) is 3. The second-order valence-corrected chi connectivity index (χ2v) is 8.36. The van der Waals surface area contributed by atoms with E-state index in [4.69, 9.17) is 0 Å². The van der Waals surface area contributed by atoms with Crippen molar-refractivity contribution in [3.63, 3.8) is 0 Å². The molecule has 1 fully saturated rings. The lowest BCUT2D eigenvalue weighted by Crippen LogP contribution is -2.38. The number of rotatable bonds is 9. The summed E-state index contributed by atoms with van der Waals surface area (Å²) in [5.74, 6) is -0.0176. The van der Waals surface area contributed by atoms with Crippen LogP contribution in [0.25, 0.3) is 0 Å². The first kappa shape index (κ1) is 19.4. The number of sulfonamides is 1. The van der Waals surface area contributed by atoms with Crippen LogP contribution in [0.4, 0.5) is 0 Å². The molecule has 0 radical (unpaired) electrons. The number of carbonyl (C=O) groups is 1. The topological polar surface area (TPSA) is 66.5 Å². The molecule has 0 saturated heterocycles. The Morgan fingerprint density at radius 3 is 2.27 bits per heavy atom. The van der Waals surface area contributed by atoms with Gasteiger partial charge in [0.05, 0.1) is 6.26 Å². The first-order chi connectivity index (χ1) is 10.4. The van der Waals surface area contributed by atoms with Crippen molar-refractivity contribution in [1.29, 1.82) is 0 Å². The average molecular weight is 333 g/mol. The van der Waals surface area contributed by atoms with Crippen LogP contribution in [-0.2, 0) is 14.8 Å². The first-order valence-electron chi connectivity index (χ1n) is 8.68. The fourth-order valence-corrected chi connectivity index (χ4v) is 3.82. The minimum Gasteiger partial charge on any atom is -0.353 e. The van der Waals surface area contributed by atoms with Gasteiger partial charge in [-0.25, -0.2) is 12.7 Å². The molecule has 1 amide bonds. The number of nitrogens with one attached hydrogen (secondary N) is 1. The van der Waals surface area contributed by atoms with Gasteiger partial charge in [-0.3, -0.25) is 4.79 Å². The molecule has 1 aliphatic rings. The summed E-state index contributed by atoms with van der Waals surface area (Å²) in [5.41, 5.74) is 0. The molecule has 0 unspecified atom stereocenters. The lowest BCUT2D eigenvalue weighted by Gasteiger charge is -2.21. The summed E-state index contributed by atoms with van der Waals surface area (Å²) < 4.78 is 25.0. The molecule has 22 heavy (non-hydrogen) atoms. The van der Waals surface area contributed by atoms with Crippen LogP contribution in [0.1, 0.15) is 71.1 Å². The van der Waals surface area contributed by atoms with Gasteiger partial charge in [-0.05, 0) is 19.3 Å². The molecule has 1 N–H and O–H groups in total. The maximum atomic E-state index is 12.1. The van der Waals surface area contributed by atoms with E-state index < -0.39 is 10.0 Å². The number of carbonyl (C=O) groups excluding carboxylic acids is 1. The maximum Gasteiger partial charge on any atom is 0.221 e. The summed E-state index contributed by atoms with van der Waals surface area (Å²) in [7, 11) is -3.23. The Morgan fingerprint density at radius 2 is 1.73 bits per heavy atom. The van der Waals surface area contributed by atoms with E-state index >= 15 is 0 Å². The normalized spacial score (nSPS) is 17.4. The van der Waals surface area contributed by atoms with Crippen LogP contribution in [0.5, 0.6) is 0 Å². The van der Waals surface area contributed by atoms with E-state index in [1.165, 1.54) is 36.2 Å². The monoisotopic (exact) mass is 332 g/mol. The van der Waals surface area contributed by atoms with Crippen molar-refractivity contribution < 1.29 is 13.2 Å². The Bertz CT molecular complexity index is 415. The summed E-state index contributed by atoms with van der Waals surface area (Å²) in [6.45, 7) is 2.90. The zero-order valence-corrected chi connectivity index (χ0v) is 15.0. The first-order valence-corrected chi connectivity index (χ1v) is 10.5. The Balaban J connectivity index is 2.37. The molecule has 0 spiro atoms. The van der Waals surface area contributed by atoms with E-state index in [1.54, 1.807) is 0 Å². The van der Waals surface area contributed by atoms with Crippen LogP contribution in [-0.4, -0.2) is 44.0 Å². The van der Waals surface area contributed by atoms with E-state index in [1.807, 2.05) is 0 Å². The van der Waals surface area contributed by atoms with Crippen LogP contribution in [0.15, 0.2) is 0 Å². The van der Waals surface area contributed by atoms with E-state index in [0.717, 1.165) is 32.1 Å². The molecular weight excluding hydrogens is 300 g/mol. The quantitative estimate of drug-likeness (QED) is 0.521. The Morgan fingerprint density at radius 1 is 1.09 bits per heavy atom. The van der Waals surface area contributed by atoms with Gasteiger partial charge >= 0.3 is 0 Å². The molecule has 1 rings (SSSR count). The molecule has 0 atom stereocenters. The predicted molar refractivity (Wildman–Crippen MR) is 90.2 cm³/mol. The third kappa shape index (κ3) is 8.13. The van der Waals surface area contributed by atoms with Gasteiger partial charge in [0.1, 0.15) is 0 Å². The van der Waals surface area contributed by atoms with Crippen molar-refractivity contribution in [3.05, 3.63) is 0 Å². The van der Waals surface area contributed by atoms with Crippen molar-refractivity contribution in [3.8, 4) is 0 Å². The molecule has 130 valence electrons. The van der Waals surface area contributed by atoms with Crippen LogP contribution >= 0.6 is 0 Å². The molecule has 0 aromatic heterocycles. The molecule has 6 heteroatoms. The minimum absolute atomic E-state index is 0.0176. The van der Waals surface area contributed by atoms with Gasteiger partial charge in [0.2, 0.25) is 15.9 Å². The van der Waals surface area contributed by atoms with Gasteiger partial charge in [0, 0.05) is 25.6 Å². The fraction of sp³-hybridized carbons (Fsp3) is 0.938. The molecule has 0 bridgehead atoms. The Kier molecular flexibility index (Phi) is 9.02. The van der Waals surface area contributed by atoms with Crippen molar-refractivity contribution in [2.24, 2.45) is 0 Å². The third-order valence-corrected chi connectivity index (χ3v) is 5.59. The number of hydrogen-bond donors (Lipinski definition) is 1. The number of nitrogens with zero attached hydrogens (tertiary/aromatic N) is 1. The zero-order chi connectivity index (χ0) is 16.4. The molecule has 0 aliphatic heterocycles. The second kappa shape index (κ2) is 10.2. The Labute approximate surface area is 135 Å². The van der Waals surface area contributed by atoms with Gasteiger partial charge in [0.25, 0.3) is 0 Å². The SMILES string of the molecule is CCCCCN(CCC(=O)NC1CCCCCC1)S(C)(=O)=O. The van der Waals surface area contributed by atoms with Crippen molar-refractivity contribution in [1.82, 2.24) is 9.62 Å². The van der Waals surface area contributed by atoms with Crippen LogP contribution < -0.4 is 5.32 Å². The van der Waals surface area contributed by atoms with Crippen LogP contribution in [0.2, 0.25) is 0 Å². The van der Waals surface area contributed by atoms with Crippen LogP contribution in [0.3, 0.4) is 0 Å².